The predicted octanol–water partition coefficient (Wildman–Crippen LogP) is 2.43. The summed E-state index contributed by atoms with van der Waals surface area (Å²) < 4.78 is 41.1. The van der Waals surface area contributed by atoms with Gasteiger partial charge in [-0.25, -0.2) is 0 Å². The number of hydrogen-bond acceptors (Lipinski definition) is 1. The average molecular weight is 464 g/mol. The Morgan fingerprint density at radius 2 is 2.21 bits per heavy atom. The third-order valence-corrected chi connectivity index (χ3v) is 5.88. The molecule has 0 saturated heterocycles. The Labute approximate surface area is 151 Å². The van der Waals surface area contributed by atoms with E-state index in [1.54, 1.807) is 24.4 Å². The van der Waals surface area contributed by atoms with Crippen LogP contribution in [-0.2, 0) is 4.79 Å². The standard InChI is InChI=1S/C16H12BrF3N2OSe/c17-12-4-2-8-22-13(12)9-11(15(22)24-16(18,19)20)3-1-7-21-14(23)10-5-6-10/h2,4,8-10H,5-7H2,(H,21,23). The van der Waals surface area contributed by atoms with Gasteiger partial charge in [-0.05, 0) is 0 Å². The molecule has 0 bridgehead atoms. The van der Waals surface area contributed by atoms with Gasteiger partial charge in [0.15, 0.2) is 0 Å². The number of hydrogen-bond donors (Lipinski definition) is 1. The summed E-state index contributed by atoms with van der Waals surface area (Å²) in [6, 6.07) is 5.09. The molecule has 1 amide bonds. The summed E-state index contributed by atoms with van der Waals surface area (Å²) in [6.45, 7) is 0.140. The predicted molar refractivity (Wildman–Crippen MR) is 89.2 cm³/mol. The number of carbonyl (C=O) groups excluding carboxylic acids is 1. The molecule has 2 aromatic heterocycles. The molecule has 1 aliphatic carbocycles. The summed E-state index contributed by atoms with van der Waals surface area (Å²) in [5, 5.41) is -1.58. The van der Waals surface area contributed by atoms with Gasteiger partial charge in [-0.3, -0.25) is 0 Å². The van der Waals surface area contributed by atoms with E-state index in [2.05, 4.69) is 33.1 Å². The number of pyridine rings is 1. The Morgan fingerprint density at radius 1 is 1.46 bits per heavy atom. The molecule has 8 heteroatoms. The van der Waals surface area contributed by atoms with Crippen molar-refractivity contribution in [2.24, 2.45) is 5.92 Å². The van der Waals surface area contributed by atoms with Crippen molar-refractivity contribution in [2.45, 2.75) is 17.9 Å². The Kier molecular flexibility index (Phi) is 4.95. The maximum atomic E-state index is 12.9. The molecule has 126 valence electrons. The van der Waals surface area contributed by atoms with E-state index >= 15 is 0 Å². The van der Waals surface area contributed by atoms with Crippen molar-refractivity contribution < 1.29 is 18.0 Å². The Hall–Kier alpha value is -1.42. The van der Waals surface area contributed by atoms with Crippen LogP contribution in [0.3, 0.4) is 0 Å². The van der Waals surface area contributed by atoms with Crippen LogP contribution in [0.4, 0.5) is 13.2 Å². The normalized spacial score (nSPS) is 14.3. The van der Waals surface area contributed by atoms with Crippen LogP contribution in [0, 0.1) is 17.8 Å². The van der Waals surface area contributed by atoms with Crippen molar-refractivity contribution >= 4 is 46.9 Å². The molecular weight excluding hydrogens is 452 g/mol. The fourth-order valence-electron chi connectivity index (χ4n) is 2.20. The van der Waals surface area contributed by atoms with Crippen LogP contribution >= 0.6 is 15.9 Å². The van der Waals surface area contributed by atoms with E-state index in [0.717, 1.165) is 12.8 Å². The van der Waals surface area contributed by atoms with Crippen molar-refractivity contribution in [1.29, 1.82) is 0 Å². The quantitative estimate of drug-likeness (QED) is 0.550. The third-order valence-electron chi connectivity index (χ3n) is 3.45. The SMILES string of the molecule is O=C(NCC#Cc1cc2c(Br)cccn2c1[Se]C(F)(F)F)C1CC1. The second kappa shape index (κ2) is 6.83. The summed E-state index contributed by atoms with van der Waals surface area (Å²) >= 11 is 1.64. The van der Waals surface area contributed by atoms with E-state index in [0.29, 0.717) is 15.6 Å². The Balaban J connectivity index is 1.87. The number of nitrogens with one attached hydrogen (secondary N) is 1. The first-order valence-corrected chi connectivity index (χ1v) is 9.67. The summed E-state index contributed by atoms with van der Waals surface area (Å²) in [6.07, 6.45) is 3.40. The molecule has 1 fully saturated rings. The molecular formula is C16H12BrF3N2OSe. The number of carbonyl (C=O) groups is 1. The number of amides is 1. The number of nitrogens with zero attached hydrogens (tertiary/aromatic N) is 1. The van der Waals surface area contributed by atoms with E-state index in [-0.39, 0.29) is 23.0 Å². The molecule has 1 saturated carbocycles. The van der Waals surface area contributed by atoms with Crippen molar-refractivity contribution in [1.82, 2.24) is 9.72 Å². The first-order chi connectivity index (χ1) is 11.3. The summed E-state index contributed by atoms with van der Waals surface area (Å²) in [5.74, 6) is 5.58. The van der Waals surface area contributed by atoms with Gasteiger partial charge in [0, 0.05) is 0 Å². The van der Waals surface area contributed by atoms with Gasteiger partial charge < -0.3 is 0 Å². The van der Waals surface area contributed by atoms with Crippen LogP contribution in [0.1, 0.15) is 18.4 Å². The molecule has 0 atom stereocenters. The van der Waals surface area contributed by atoms with Crippen molar-refractivity contribution in [3.63, 3.8) is 0 Å². The van der Waals surface area contributed by atoms with Gasteiger partial charge in [0.2, 0.25) is 0 Å². The molecule has 0 aromatic carbocycles. The van der Waals surface area contributed by atoms with Crippen LogP contribution in [0.15, 0.2) is 28.9 Å². The van der Waals surface area contributed by atoms with Gasteiger partial charge in [-0.1, -0.05) is 0 Å². The molecule has 0 spiro atoms. The van der Waals surface area contributed by atoms with Gasteiger partial charge in [-0.2, -0.15) is 0 Å². The summed E-state index contributed by atoms with van der Waals surface area (Å²) in [4.78, 5) is 11.5. The van der Waals surface area contributed by atoms with Crippen molar-refractivity contribution in [2.75, 3.05) is 6.54 Å². The molecule has 0 unspecified atom stereocenters. The summed E-state index contributed by atoms with van der Waals surface area (Å²) in [5.41, 5.74) is 0.991. The van der Waals surface area contributed by atoms with Gasteiger partial charge in [0.1, 0.15) is 0 Å². The Morgan fingerprint density at radius 3 is 2.88 bits per heavy atom. The monoisotopic (exact) mass is 464 g/mol. The zero-order chi connectivity index (χ0) is 17.3. The molecule has 2 heterocycles. The van der Waals surface area contributed by atoms with Crippen molar-refractivity contribution in [3.05, 3.63) is 34.4 Å². The van der Waals surface area contributed by atoms with Gasteiger partial charge in [0.25, 0.3) is 0 Å². The van der Waals surface area contributed by atoms with Crippen LogP contribution in [0.2, 0.25) is 0 Å². The number of rotatable bonds is 3. The molecule has 24 heavy (non-hydrogen) atoms. The van der Waals surface area contributed by atoms with Crippen LogP contribution in [0.5, 0.6) is 0 Å². The first kappa shape index (κ1) is 17.4. The average Bonchev–Trinajstić information content (AvgIpc) is 3.28. The maximum absolute atomic E-state index is 12.9. The number of alkyl halides is 3. The number of fused-ring (bicyclic) bond motifs is 1. The molecule has 0 radical (unpaired) electrons. The third kappa shape index (κ3) is 4.15. The van der Waals surface area contributed by atoms with E-state index < -0.39 is 20.0 Å². The molecule has 1 N–H and O–H groups in total. The zero-order valence-electron chi connectivity index (χ0n) is 12.3. The second-order valence-electron chi connectivity index (χ2n) is 5.32. The molecule has 0 aliphatic heterocycles. The van der Waals surface area contributed by atoms with Crippen LogP contribution in [-0.4, -0.2) is 36.9 Å². The minimum absolute atomic E-state index is 0.0335. The molecule has 1 aliphatic rings. The second-order valence-corrected chi connectivity index (χ2v) is 8.38. The summed E-state index contributed by atoms with van der Waals surface area (Å²) in [7, 11) is 0. The van der Waals surface area contributed by atoms with E-state index in [1.807, 2.05) is 0 Å². The van der Waals surface area contributed by atoms with Gasteiger partial charge in [0.05, 0.1) is 0 Å². The minimum atomic E-state index is -4.26. The van der Waals surface area contributed by atoms with E-state index in [9.17, 15) is 18.0 Å². The first-order valence-electron chi connectivity index (χ1n) is 7.17. The van der Waals surface area contributed by atoms with E-state index in [4.69, 9.17) is 0 Å². The zero-order valence-corrected chi connectivity index (χ0v) is 15.6. The molecule has 3 rings (SSSR count). The Bertz CT molecular complexity index is 847. The molecule has 2 aromatic rings. The van der Waals surface area contributed by atoms with Crippen LogP contribution < -0.4 is 9.91 Å². The number of aromatic nitrogens is 1. The van der Waals surface area contributed by atoms with Crippen molar-refractivity contribution in [3.8, 4) is 11.8 Å². The number of halogens is 4. The fourth-order valence-corrected chi connectivity index (χ4v) is 4.12. The van der Waals surface area contributed by atoms with Gasteiger partial charge in [-0.15, -0.1) is 0 Å². The fraction of sp³-hybridized carbons (Fsp3) is 0.312. The van der Waals surface area contributed by atoms with Crippen LogP contribution in [0.25, 0.3) is 5.52 Å². The van der Waals surface area contributed by atoms with Gasteiger partial charge >= 0.3 is 151 Å². The molecule has 3 nitrogen and oxygen atoms in total. The topological polar surface area (TPSA) is 33.5 Å². The van der Waals surface area contributed by atoms with E-state index in [1.165, 1.54) is 4.40 Å².